The third-order valence-corrected chi connectivity index (χ3v) is 2.46. The summed E-state index contributed by atoms with van der Waals surface area (Å²) in [5, 5.41) is 3.21. The molecule has 0 aromatic rings. The van der Waals surface area contributed by atoms with Gasteiger partial charge in [0.05, 0.1) is 0 Å². The van der Waals surface area contributed by atoms with Crippen LogP contribution in [0.4, 0.5) is 0 Å². The van der Waals surface area contributed by atoms with E-state index in [1.807, 2.05) is 6.92 Å². The van der Waals surface area contributed by atoms with Gasteiger partial charge in [-0.25, -0.2) is 0 Å². The molecule has 0 fully saturated rings. The van der Waals surface area contributed by atoms with Gasteiger partial charge in [-0.05, 0) is 19.8 Å². The first-order valence-corrected chi connectivity index (χ1v) is 5.22. The minimum Gasteiger partial charge on any atom is -0.370 e. The molecule has 0 saturated heterocycles. The molecule has 0 radical (unpaired) electrons. The van der Waals surface area contributed by atoms with Gasteiger partial charge in [0.25, 0.3) is 0 Å². The summed E-state index contributed by atoms with van der Waals surface area (Å²) >= 11 is 0. The van der Waals surface area contributed by atoms with Gasteiger partial charge in [0, 0.05) is 12.6 Å². The quantitative estimate of drug-likeness (QED) is 0.506. The highest BCUT2D eigenvalue weighted by atomic mass is 15.1. The van der Waals surface area contributed by atoms with Crippen molar-refractivity contribution < 1.29 is 0 Å². The lowest BCUT2D eigenvalue weighted by atomic mass is 9.96. The van der Waals surface area contributed by atoms with Gasteiger partial charge < -0.3 is 11.1 Å². The maximum absolute atomic E-state index is 5.67. The molecule has 0 rings (SSSR count). The van der Waals surface area contributed by atoms with Crippen molar-refractivity contribution in [3.8, 4) is 0 Å². The van der Waals surface area contributed by atoms with Crippen molar-refractivity contribution >= 4 is 5.96 Å². The summed E-state index contributed by atoms with van der Waals surface area (Å²) in [5.41, 5.74) is 5.67. The lowest BCUT2D eigenvalue weighted by Crippen LogP contribution is -2.42. The highest BCUT2D eigenvalue weighted by molar-refractivity contribution is 5.78. The number of guanidine groups is 1. The smallest absolute Gasteiger partial charge is 0.188 e. The molecule has 0 amide bonds. The molecular formula is C10H23N3. The van der Waals surface area contributed by atoms with E-state index < -0.39 is 0 Å². The SMILES string of the molecule is CCN=C(N)NC(C)C(CC)CC. The van der Waals surface area contributed by atoms with Gasteiger partial charge in [-0.2, -0.15) is 0 Å². The van der Waals surface area contributed by atoms with Gasteiger partial charge in [-0.3, -0.25) is 4.99 Å². The van der Waals surface area contributed by atoms with E-state index in [4.69, 9.17) is 5.73 Å². The molecule has 1 unspecified atom stereocenters. The number of hydrogen-bond donors (Lipinski definition) is 2. The Bertz CT molecular complexity index is 150. The Morgan fingerprint density at radius 3 is 2.23 bits per heavy atom. The molecule has 0 aromatic heterocycles. The Labute approximate surface area is 81.8 Å². The zero-order chi connectivity index (χ0) is 10.3. The number of aliphatic imine (C=N–C) groups is 1. The Morgan fingerprint density at radius 2 is 1.85 bits per heavy atom. The van der Waals surface area contributed by atoms with Gasteiger partial charge in [-0.15, -0.1) is 0 Å². The summed E-state index contributed by atoms with van der Waals surface area (Å²) in [6.07, 6.45) is 2.37. The minimum atomic E-state index is 0.422. The molecule has 0 aromatic carbocycles. The van der Waals surface area contributed by atoms with Gasteiger partial charge in [0.1, 0.15) is 0 Å². The average Bonchev–Trinajstić information content (AvgIpc) is 2.06. The number of nitrogens with one attached hydrogen (secondary N) is 1. The normalized spacial score (nSPS) is 14.7. The molecule has 13 heavy (non-hydrogen) atoms. The highest BCUT2D eigenvalue weighted by Crippen LogP contribution is 2.11. The van der Waals surface area contributed by atoms with E-state index in [1.165, 1.54) is 12.8 Å². The van der Waals surface area contributed by atoms with E-state index in [0.29, 0.717) is 17.9 Å². The fourth-order valence-electron chi connectivity index (χ4n) is 1.56. The maximum atomic E-state index is 5.67. The van der Waals surface area contributed by atoms with Crippen molar-refractivity contribution in [2.75, 3.05) is 6.54 Å². The van der Waals surface area contributed by atoms with E-state index in [9.17, 15) is 0 Å². The summed E-state index contributed by atoms with van der Waals surface area (Å²) in [7, 11) is 0. The summed E-state index contributed by atoms with van der Waals surface area (Å²) in [5.74, 6) is 1.26. The van der Waals surface area contributed by atoms with Crippen LogP contribution in [0.15, 0.2) is 4.99 Å². The zero-order valence-electron chi connectivity index (χ0n) is 9.30. The topological polar surface area (TPSA) is 50.4 Å². The summed E-state index contributed by atoms with van der Waals surface area (Å²) in [4.78, 5) is 4.10. The van der Waals surface area contributed by atoms with Gasteiger partial charge in [0.2, 0.25) is 0 Å². The first kappa shape index (κ1) is 12.3. The Kier molecular flexibility index (Phi) is 6.37. The summed E-state index contributed by atoms with van der Waals surface area (Å²) < 4.78 is 0. The minimum absolute atomic E-state index is 0.422. The second-order valence-corrected chi connectivity index (χ2v) is 3.37. The fraction of sp³-hybridized carbons (Fsp3) is 0.900. The summed E-state index contributed by atoms with van der Waals surface area (Å²) in [6, 6.07) is 0.422. The van der Waals surface area contributed by atoms with Crippen LogP contribution in [0.1, 0.15) is 40.5 Å². The number of nitrogens with zero attached hydrogens (tertiary/aromatic N) is 1. The van der Waals surface area contributed by atoms with E-state index >= 15 is 0 Å². The van der Waals surface area contributed by atoms with Crippen molar-refractivity contribution in [1.29, 1.82) is 0 Å². The molecule has 1 atom stereocenters. The molecule has 3 N–H and O–H groups in total. The van der Waals surface area contributed by atoms with Crippen LogP contribution in [-0.2, 0) is 0 Å². The first-order chi connectivity index (χ1) is 6.15. The highest BCUT2D eigenvalue weighted by Gasteiger charge is 2.12. The Balaban J connectivity index is 3.96. The molecule has 0 aliphatic rings. The molecule has 3 heteroatoms. The van der Waals surface area contributed by atoms with Crippen molar-refractivity contribution in [2.45, 2.75) is 46.6 Å². The van der Waals surface area contributed by atoms with Gasteiger partial charge in [0.15, 0.2) is 5.96 Å². The lowest BCUT2D eigenvalue weighted by Gasteiger charge is -2.22. The maximum Gasteiger partial charge on any atom is 0.188 e. The summed E-state index contributed by atoms with van der Waals surface area (Å²) in [6.45, 7) is 9.31. The predicted octanol–water partition coefficient (Wildman–Crippen LogP) is 1.74. The molecule has 0 aliphatic heterocycles. The van der Waals surface area contributed by atoms with E-state index in [-0.39, 0.29) is 0 Å². The molecule has 0 bridgehead atoms. The van der Waals surface area contributed by atoms with Crippen LogP contribution < -0.4 is 11.1 Å². The standard InChI is InChI=1S/C10H23N3/c1-5-9(6-2)8(4)13-10(11)12-7-3/h8-9H,5-7H2,1-4H3,(H3,11,12,13). The molecule has 0 spiro atoms. The van der Waals surface area contributed by atoms with Crippen LogP contribution in [0.3, 0.4) is 0 Å². The second-order valence-electron chi connectivity index (χ2n) is 3.37. The van der Waals surface area contributed by atoms with Crippen LogP contribution in [0.25, 0.3) is 0 Å². The molecular weight excluding hydrogens is 162 g/mol. The number of rotatable bonds is 5. The average molecular weight is 185 g/mol. The van der Waals surface area contributed by atoms with Crippen molar-refractivity contribution in [2.24, 2.45) is 16.6 Å². The monoisotopic (exact) mass is 185 g/mol. The molecule has 0 aliphatic carbocycles. The lowest BCUT2D eigenvalue weighted by molar-refractivity contribution is 0.390. The predicted molar refractivity (Wildman–Crippen MR) is 58.8 cm³/mol. The van der Waals surface area contributed by atoms with Crippen LogP contribution in [0.2, 0.25) is 0 Å². The van der Waals surface area contributed by atoms with Crippen LogP contribution in [-0.4, -0.2) is 18.5 Å². The van der Waals surface area contributed by atoms with Gasteiger partial charge in [-0.1, -0.05) is 26.7 Å². The molecule has 0 saturated carbocycles. The molecule has 0 heterocycles. The van der Waals surface area contributed by atoms with Gasteiger partial charge >= 0.3 is 0 Å². The third kappa shape index (κ3) is 4.76. The van der Waals surface area contributed by atoms with Crippen molar-refractivity contribution in [3.63, 3.8) is 0 Å². The van der Waals surface area contributed by atoms with Crippen LogP contribution in [0.5, 0.6) is 0 Å². The van der Waals surface area contributed by atoms with Crippen molar-refractivity contribution in [3.05, 3.63) is 0 Å². The van der Waals surface area contributed by atoms with E-state index in [2.05, 4.69) is 31.1 Å². The van der Waals surface area contributed by atoms with Crippen LogP contribution >= 0.6 is 0 Å². The zero-order valence-corrected chi connectivity index (χ0v) is 9.30. The molecule has 3 nitrogen and oxygen atoms in total. The van der Waals surface area contributed by atoms with E-state index in [0.717, 1.165) is 6.54 Å². The first-order valence-electron chi connectivity index (χ1n) is 5.22. The van der Waals surface area contributed by atoms with Crippen molar-refractivity contribution in [1.82, 2.24) is 5.32 Å². The third-order valence-electron chi connectivity index (χ3n) is 2.46. The molecule has 78 valence electrons. The largest absolute Gasteiger partial charge is 0.370 e. The second kappa shape index (κ2) is 6.75. The number of hydrogen-bond acceptors (Lipinski definition) is 1. The van der Waals surface area contributed by atoms with E-state index in [1.54, 1.807) is 0 Å². The Morgan fingerprint density at radius 1 is 1.31 bits per heavy atom. The fourth-order valence-corrected chi connectivity index (χ4v) is 1.56. The number of nitrogens with two attached hydrogens (primary N) is 1. The van der Waals surface area contributed by atoms with Crippen LogP contribution in [0, 0.1) is 5.92 Å². The Hall–Kier alpha value is -0.730.